The molecule has 1 fully saturated rings. The quantitative estimate of drug-likeness (QED) is 0.354. The van der Waals surface area contributed by atoms with Gasteiger partial charge in [-0.25, -0.2) is 4.99 Å². The maximum absolute atomic E-state index is 5.99. The lowest BCUT2D eigenvalue weighted by molar-refractivity contribution is 0.176. The molecule has 0 amide bonds. The highest BCUT2D eigenvalue weighted by molar-refractivity contribution is 14.0. The van der Waals surface area contributed by atoms with Crippen molar-refractivity contribution in [2.75, 3.05) is 25.5 Å². The zero-order valence-corrected chi connectivity index (χ0v) is 19.1. The molecule has 0 aromatic heterocycles. The van der Waals surface area contributed by atoms with Crippen LogP contribution in [0.3, 0.4) is 0 Å². The predicted molar refractivity (Wildman–Crippen MR) is 127 cm³/mol. The van der Waals surface area contributed by atoms with E-state index < -0.39 is 0 Å². The average molecular weight is 494 g/mol. The summed E-state index contributed by atoms with van der Waals surface area (Å²) in [6, 6.07) is 16.3. The van der Waals surface area contributed by atoms with Gasteiger partial charge in [-0.3, -0.25) is 4.90 Å². The zero-order valence-electron chi connectivity index (χ0n) is 16.7. The molecule has 1 atom stereocenters. The number of methoxy groups -OCH3 is 1. The van der Waals surface area contributed by atoms with Gasteiger partial charge in [-0.15, -0.1) is 24.0 Å². The molecule has 28 heavy (non-hydrogen) atoms. The Hall–Kier alpha value is -1.80. The van der Waals surface area contributed by atoms with Crippen molar-refractivity contribution in [3.8, 4) is 5.75 Å². The standard InChI is InChI=1S/C22H30N4O.HI/c1-17-4-3-13-26(15-17)16-19-7-5-18(6-8-19)14-24-22(23)25-20-9-11-21(27-2)12-10-20;/h5-12,17H,3-4,13-16H2,1-2H3,(H3,23,24,25);1H. The van der Waals surface area contributed by atoms with Crippen LogP contribution in [-0.4, -0.2) is 31.1 Å². The molecule has 0 radical (unpaired) electrons. The highest BCUT2D eigenvalue weighted by Gasteiger charge is 2.15. The fourth-order valence-electron chi connectivity index (χ4n) is 3.48. The third kappa shape index (κ3) is 6.98. The minimum Gasteiger partial charge on any atom is -0.497 e. The van der Waals surface area contributed by atoms with Gasteiger partial charge in [0.05, 0.1) is 13.7 Å². The lowest BCUT2D eigenvalue weighted by atomic mass is 9.99. The van der Waals surface area contributed by atoms with Gasteiger partial charge in [0.25, 0.3) is 0 Å². The molecule has 1 aliphatic heterocycles. The van der Waals surface area contributed by atoms with Crippen molar-refractivity contribution in [1.29, 1.82) is 0 Å². The number of piperidine rings is 1. The molecule has 0 saturated carbocycles. The van der Waals surface area contributed by atoms with Gasteiger partial charge in [0.2, 0.25) is 0 Å². The third-order valence-corrected chi connectivity index (χ3v) is 4.96. The Kier molecular flexibility index (Phi) is 9.05. The molecule has 3 N–H and O–H groups in total. The summed E-state index contributed by atoms with van der Waals surface area (Å²) in [5.41, 5.74) is 9.40. The molecule has 1 heterocycles. The van der Waals surface area contributed by atoms with Gasteiger partial charge in [-0.05, 0) is 60.7 Å². The maximum Gasteiger partial charge on any atom is 0.193 e. The van der Waals surface area contributed by atoms with Gasteiger partial charge in [0.1, 0.15) is 5.75 Å². The lowest BCUT2D eigenvalue weighted by Gasteiger charge is -2.30. The Morgan fingerprint density at radius 3 is 2.46 bits per heavy atom. The van der Waals surface area contributed by atoms with Crippen LogP contribution in [0.15, 0.2) is 53.5 Å². The number of rotatable bonds is 6. The van der Waals surface area contributed by atoms with E-state index in [1.807, 2.05) is 24.3 Å². The van der Waals surface area contributed by atoms with Crippen LogP contribution in [0, 0.1) is 5.92 Å². The second-order valence-corrected chi connectivity index (χ2v) is 7.35. The number of ether oxygens (including phenoxy) is 1. The minimum absolute atomic E-state index is 0. The number of guanidine groups is 1. The number of nitrogens with two attached hydrogens (primary N) is 1. The Morgan fingerprint density at radius 2 is 1.82 bits per heavy atom. The largest absolute Gasteiger partial charge is 0.497 e. The van der Waals surface area contributed by atoms with Gasteiger partial charge in [0.15, 0.2) is 5.96 Å². The van der Waals surface area contributed by atoms with Crippen molar-refractivity contribution in [3.63, 3.8) is 0 Å². The number of anilines is 1. The molecule has 3 rings (SSSR count). The Bertz CT molecular complexity index is 746. The minimum atomic E-state index is 0. The van der Waals surface area contributed by atoms with Crippen LogP contribution in [0.25, 0.3) is 0 Å². The summed E-state index contributed by atoms with van der Waals surface area (Å²) < 4.78 is 5.15. The van der Waals surface area contributed by atoms with Crippen molar-refractivity contribution in [2.24, 2.45) is 16.6 Å². The molecule has 2 aromatic carbocycles. The summed E-state index contributed by atoms with van der Waals surface area (Å²) in [5, 5.41) is 3.10. The molecule has 152 valence electrons. The fraction of sp³-hybridized carbons (Fsp3) is 0.409. The van der Waals surface area contributed by atoms with Gasteiger partial charge >= 0.3 is 0 Å². The fourth-order valence-corrected chi connectivity index (χ4v) is 3.48. The molecular formula is C22H31IN4O. The molecule has 1 unspecified atom stereocenters. The van der Waals surface area contributed by atoms with E-state index >= 15 is 0 Å². The van der Waals surface area contributed by atoms with Gasteiger partial charge in [0, 0.05) is 18.8 Å². The van der Waals surface area contributed by atoms with Crippen LogP contribution in [0.5, 0.6) is 5.75 Å². The van der Waals surface area contributed by atoms with E-state index in [2.05, 4.69) is 46.4 Å². The smallest absolute Gasteiger partial charge is 0.193 e. The molecular weight excluding hydrogens is 463 g/mol. The Morgan fingerprint density at radius 1 is 1.14 bits per heavy atom. The summed E-state index contributed by atoms with van der Waals surface area (Å²) in [4.78, 5) is 6.98. The van der Waals surface area contributed by atoms with Gasteiger partial charge in [-0.1, -0.05) is 31.2 Å². The highest BCUT2D eigenvalue weighted by atomic mass is 127. The SMILES string of the molecule is COc1ccc(NC(N)=NCc2ccc(CN3CCCC(C)C3)cc2)cc1.I. The molecule has 2 aromatic rings. The zero-order chi connectivity index (χ0) is 19.1. The summed E-state index contributed by atoms with van der Waals surface area (Å²) >= 11 is 0. The number of benzene rings is 2. The number of hydrogen-bond donors (Lipinski definition) is 2. The second-order valence-electron chi connectivity index (χ2n) is 7.35. The van der Waals surface area contributed by atoms with Crippen LogP contribution in [0.1, 0.15) is 30.9 Å². The number of aliphatic imine (C=N–C) groups is 1. The Labute approximate surface area is 185 Å². The van der Waals surface area contributed by atoms with E-state index in [0.29, 0.717) is 12.5 Å². The highest BCUT2D eigenvalue weighted by Crippen LogP contribution is 2.18. The van der Waals surface area contributed by atoms with E-state index in [0.717, 1.165) is 29.5 Å². The molecule has 1 aliphatic rings. The number of hydrogen-bond acceptors (Lipinski definition) is 3. The first-order chi connectivity index (χ1) is 13.1. The topological polar surface area (TPSA) is 62.9 Å². The first-order valence-corrected chi connectivity index (χ1v) is 9.63. The van der Waals surface area contributed by atoms with Gasteiger partial charge in [-0.2, -0.15) is 0 Å². The molecule has 0 aliphatic carbocycles. The number of nitrogens with one attached hydrogen (secondary N) is 1. The van der Waals surface area contributed by atoms with Crippen LogP contribution in [0.4, 0.5) is 5.69 Å². The molecule has 0 spiro atoms. The van der Waals surface area contributed by atoms with Crippen molar-refractivity contribution in [3.05, 3.63) is 59.7 Å². The van der Waals surface area contributed by atoms with E-state index in [1.165, 1.54) is 31.5 Å². The average Bonchev–Trinajstić information content (AvgIpc) is 2.68. The van der Waals surface area contributed by atoms with Crippen molar-refractivity contribution < 1.29 is 4.74 Å². The second kappa shape index (κ2) is 11.3. The summed E-state index contributed by atoms with van der Waals surface area (Å²) in [6.07, 6.45) is 2.67. The number of halogens is 1. The first kappa shape index (κ1) is 22.5. The molecule has 5 nitrogen and oxygen atoms in total. The monoisotopic (exact) mass is 494 g/mol. The van der Waals surface area contributed by atoms with E-state index in [-0.39, 0.29) is 24.0 Å². The van der Waals surface area contributed by atoms with Crippen LogP contribution in [0.2, 0.25) is 0 Å². The maximum atomic E-state index is 5.99. The Balaban J connectivity index is 0.00000280. The van der Waals surface area contributed by atoms with Crippen molar-refractivity contribution in [1.82, 2.24) is 4.90 Å². The van der Waals surface area contributed by atoms with Gasteiger partial charge < -0.3 is 15.8 Å². The van der Waals surface area contributed by atoms with E-state index in [4.69, 9.17) is 10.5 Å². The van der Waals surface area contributed by atoms with Crippen LogP contribution >= 0.6 is 24.0 Å². The van der Waals surface area contributed by atoms with Crippen molar-refractivity contribution in [2.45, 2.75) is 32.9 Å². The van der Waals surface area contributed by atoms with E-state index in [9.17, 15) is 0 Å². The van der Waals surface area contributed by atoms with Crippen molar-refractivity contribution >= 4 is 35.6 Å². The summed E-state index contributed by atoms with van der Waals surface area (Å²) in [6.45, 7) is 6.37. The first-order valence-electron chi connectivity index (χ1n) is 9.63. The third-order valence-electron chi connectivity index (χ3n) is 4.96. The van der Waals surface area contributed by atoms with E-state index in [1.54, 1.807) is 7.11 Å². The van der Waals surface area contributed by atoms with Crippen LogP contribution in [-0.2, 0) is 13.1 Å². The lowest BCUT2D eigenvalue weighted by Crippen LogP contribution is -2.33. The summed E-state index contributed by atoms with van der Waals surface area (Å²) in [5.74, 6) is 2.04. The normalized spacial score (nSPS) is 17.6. The molecule has 0 bridgehead atoms. The number of likely N-dealkylation sites (tertiary alicyclic amines) is 1. The predicted octanol–water partition coefficient (Wildman–Crippen LogP) is 4.47. The summed E-state index contributed by atoms with van der Waals surface area (Å²) in [7, 11) is 1.65. The molecule has 6 heteroatoms. The molecule has 1 saturated heterocycles. The number of nitrogens with zero attached hydrogens (tertiary/aromatic N) is 2. The van der Waals surface area contributed by atoms with Crippen LogP contribution < -0.4 is 15.8 Å².